The monoisotopic (exact) mass is 322 g/mol. The first-order valence-electron chi connectivity index (χ1n) is 7.77. The van der Waals surface area contributed by atoms with Crippen molar-refractivity contribution < 1.29 is 19.1 Å². The number of amides is 2. The van der Waals surface area contributed by atoms with Crippen molar-refractivity contribution in [1.82, 2.24) is 4.90 Å². The van der Waals surface area contributed by atoms with Crippen LogP contribution in [0.3, 0.4) is 0 Å². The van der Waals surface area contributed by atoms with E-state index in [0.29, 0.717) is 19.5 Å². The standard InChI is InChI=1S/C17H23FN2O3/c1-17(2,3)16(23)20-8-4-5-11(10-20)15(22)19-13-9-12(18)6-7-14(13)21/h6-7,9,11,21H,4-5,8,10H2,1-3H3,(H,19,22)/t11-/m1/s1. The van der Waals surface area contributed by atoms with E-state index >= 15 is 0 Å². The first kappa shape index (κ1) is 17.2. The molecule has 2 amide bonds. The minimum atomic E-state index is -0.536. The van der Waals surface area contributed by atoms with Crippen LogP contribution in [0, 0.1) is 17.2 Å². The summed E-state index contributed by atoms with van der Waals surface area (Å²) in [6, 6.07) is 3.39. The van der Waals surface area contributed by atoms with Gasteiger partial charge < -0.3 is 15.3 Å². The van der Waals surface area contributed by atoms with Gasteiger partial charge >= 0.3 is 0 Å². The lowest BCUT2D eigenvalue weighted by molar-refractivity contribution is -0.142. The average molecular weight is 322 g/mol. The van der Waals surface area contributed by atoms with Crippen LogP contribution in [0.15, 0.2) is 18.2 Å². The molecule has 2 rings (SSSR count). The molecule has 0 aromatic heterocycles. The number of likely N-dealkylation sites (tertiary alicyclic amines) is 1. The lowest BCUT2D eigenvalue weighted by Crippen LogP contribution is -2.47. The number of piperidine rings is 1. The second-order valence-electron chi connectivity index (χ2n) is 6.99. The predicted octanol–water partition coefficient (Wildman–Crippen LogP) is 2.75. The summed E-state index contributed by atoms with van der Waals surface area (Å²) in [4.78, 5) is 26.4. The molecule has 0 spiro atoms. The van der Waals surface area contributed by atoms with E-state index in [1.165, 1.54) is 6.07 Å². The van der Waals surface area contributed by atoms with Gasteiger partial charge in [-0.2, -0.15) is 0 Å². The van der Waals surface area contributed by atoms with Crippen molar-refractivity contribution in [2.75, 3.05) is 18.4 Å². The number of benzene rings is 1. The second kappa shape index (κ2) is 6.56. The molecule has 1 aromatic rings. The van der Waals surface area contributed by atoms with Gasteiger partial charge in [0, 0.05) is 24.6 Å². The Bertz CT molecular complexity index is 610. The van der Waals surface area contributed by atoms with Gasteiger partial charge in [-0.05, 0) is 25.0 Å². The fourth-order valence-electron chi connectivity index (χ4n) is 2.69. The Labute approximate surface area is 135 Å². The summed E-state index contributed by atoms with van der Waals surface area (Å²) in [5.74, 6) is -1.37. The van der Waals surface area contributed by atoms with E-state index < -0.39 is 11.2 Å². The van der Waals surface area contributed by atoms with Gasteiger partial charge in [-0.3, -0.25) is 9.59 Å². The van der Waals surface area contributed by atoms with Gasteiger partial charge in [-0.25, -0.2) is 4.39 Å². The smallest absolute Gasteiger partial charge is 0.229 e. The van der Waals surface area contributed by atoms with Gasteiger partial charge in [0.15, 0.2) is 0 Å². The Morgan fingerprint density at radius 2 is 2.04 bits per heavy atom. The highest BCUT2D eigenvalue weighted by atomic mass is 19.1. The lowest BCUT2D eigenvalue weighted by Gasteiger charge is -2.35. The fourth-order valence-corrected chi connectivity index (χ4v) is 2.69. The number of phenolic OH excluding ortho intramolecular Hbond substituents is 1. The number of carbonyl (C=O) groups is 2. The molecule has 1 saturated heterocycles. The Hall–Kier alpha value is -2.11. The molecule has 1 aliphatic rings. The highest BCUT2D eigenvalue weighted by Crippen LogP contribution is 2.27. The SMILES string of the molecule is CC(C)(C)C(=O)N1CCC[C@@H](C(=O)Nc2cc(F)ccc2O)C1. The zero-order valence-corrected chi connectivity index (χ0v) is 13.7. The summed E-state index contributed by atoms with van der Waals surface area (Å²) >= 11 is 0. The number of carbonyl (C=O) groups excluding carboxylic acids is 2. The zero-order valence-electron chi connectivity index (χ0n) is 13.7. The molecule has 23 heavy (non-hydrogen) atoms. The third-order valence-corrected chi connectivity index (χ3v) is 3.94. The Morgan fingerprint density at radius 3 is 2.70 bits per heavy atom. The molecule has 0 radical (unpaired) electrons. The van der Waals surface area contributed by atoms with E-state index in [1.807, 2.05) is 20.8 Å². The van der Waals surface area contributed by atoms with Crippen molar-refractivity contribution in [3.05, 3.63) is 24.0 Å². The van der Waals surface area contributed by atoms with Crippen LogP contribution in [-0.4, -0.2) is 34.9 Å². The number of halogens is 1. The third-order valence-electron chi connectivity index (χ3n) is 3.94. The van der Waals surface area contributed by atoms with E-state index in [-0.39, 0.29) is 29.2 Å². The van der Waals surface area contributed by atoms with Crippen LogP contribution in [0.2, 0.25) is 0 Å². The highest BCUT2D eigenvalue weighted by Gasteiger charge is 2.33. The quantitative estimate of drug-likeness (QED) is 0.823. The molecule has 0 bridgehead atoms. The van der Waals surface area contributed by atoms with Crippen molar-refractivity contribution in [3.63, 3.8) is 0 Å². The topological polar surface area (TPSA) is 69.6 Å². The molecular weight excluding hydrogens is 299 g/mol. The molecule has 0 aliphatic carbocycles. The van der Waals surface area contributed by atoms with Crippen LogP contribution >= 0.6 is 0 Å². The van der Waals surface area contributed by atoms with Crippen molar-refractivity contribution >= 4 is 17.5 Å². The third kappa shape index (κ3) is 4.21. The molecule has 1 aliphatic heterocycles. The van der Waals surface area contributed by atoms with Gasteiger partial charge in [0.2, 0.25) is 11.8 Å². The molecule has 1 atom stereocenters. The van der Waals surface area contributed by atoms with Gasteiger partial charge in [0.1, 0.15) is 11.6 Å². The van der Waals surface area contributed by atoms with E-state index in [4.69, 9.17) is 0 Å². The maximum atomic E-state index is 13.2. The van der Waals surface area contributed by atoms with Gasteiger partial charge in [-0.15, -0.1) is 0 Å². The predicted molar refractivity (Wildman–Crippen MR) is 85.5 cm³/mol. The normalized spacial score (nSPS) is 18.6. The Morgan fingerprint density at radius 1 is 1.35 bits per heavy atom. The van der Waals surface area contributed by atoms with Crippen LogP contribution in [-0.2, 0) is 9.59 Å². The number of nitrogens with one attached hydrogen (secondary N) is 1. The van der Waals surface area contributed by atoms with Crippen LogP contribution in [0.1, 0.15) is 33.6 Å². The Balaban J connectivity index is 2.05. The molecule has 0 unspecified atom stereocenters. The fraction of sp³-hybridized carbons (Fsp3) is 0.529. The number of anilines is 1. The molecular formula is C17H23FN2O3. The van der Waals surface area contributed by atoms with Crippen molar-refractivity contribution in [3.8, 4) is 5.75 Å². The minimum absolute atomic E-state index is 0.0172. The zero-order chi connectivity index (χ0) is 17.2. The maximum absolute atomic E-state index is 13.2. The molecule has 1 aromatic carbocycles. The summed E-state index contributed by atoms with van der Waals surface area (Å²) in [7, 11) is 0. The second-order valence-corrected chi connectivity index (χ2v) is 6.99. The van der Waals surface area contributed by atoms with Crippen LogP contribution < -0.4 is 5.32 Å². The molecule has 6 heteroatoms. The van der Waals surface area contributed by atoms with Crippen LogP contribution in [0.5, 0.6) is 5.75 Å². The van der Waals surface area contributed by atoms with Gasteiger partial charge in [0.25, 0.3) is 0 Å². The number of hydrogen-bond donors (Lipinski definition) is 2. The molecule has 2 N–H and O–H groups in total. The first-order chi connectivity index (χ1) is 10.7. The lowest BCUT2D eigenvalue weighted by atomic mass is 9.91. The van der Waals surface area contributed by atoms with Crippen molar-refractivity contribution in [2.24, 2.45) is 11.3 Å². The molecule has 126 valence electrons. The number of rotatable bonds is 2. The van der Waals surface area contributed by atoms with E-state index in [9.17, 15) is 19.1 Å². The highest BCUT2D eigenvalue weighted by molar-refractivity contribution is 5.94. The van der Waals surface area contributed by atoms with Gasteiger partial charge in [-0.1, -0.05) is 20.8 Å². The summed E-state index contributed by atoms with van der Waals surface area (Å²) in [6.07, 6.45) is 1.41. The molecule has 1 fully saturated rings. The summed E-state index contributed by atoms with van der Waals surface area (Å²) < 4.78 is 13.2. The number of phenols is 1. The first-order valence-corrected chi connectivity index (χ1v) is 7.77. The number of hydrogen-bond acceptors (Lipinski definition) is 3. The Kier molecular flexibility index (Phi) is 4.92. The minimum Gasteiger partial charge on any atom is -0.506 e. The number of nitrogens with zero attached hydrogens (tertiary/aromatic N) is 1. The van der Waals surface area contributed by atoms with E-state index in [2.05, 4.69) is 5.32 Å². The van der Waals surface area contributed by atoms with Crippen molar-refractivity contribution in [1.29, 1.82) is 0 Å². The largest absolute Gasteiger partial charge is 0.506 e. The molecule has 1 heterocycles. The van der Waals surface area contributed by atoms with Crippen molar-refractivity contribution in [2.45, 2.75) is 33.6 Å². The van der Waals surface area contributed by atoms with Crippen LogP contribution in [0.4, 0.5) is 10.1 Å². The summed E-state index contributed by atoms with van der Waals surface area (Å²) in [5.41, 5.74) is -0.437. The van der Waals surface area contributed by atoms with Gasteiger partial charge in [0.05, 0.1) is 11.6 Å². The summed E-state index contributed by atoms with van der Waals surface area (Å²) in [5, 5.41) is 12.2. The molecule has 5 nitrogen and oxygen atoms in total. The van der Waals surface area contributed by atoms with Crippen LogP contribution in [0.25, 0.3) is 0 Å². The van der Waals surface area contributed by atoms with E-state index in [1.54, 1.807) is 4.90 Å². The number of aromatic hydroxyl groups is 1. The summed E-state index contributed by atoms with van der Waals surface area (Å²) in [6.45, 7) is 6.54. The molecule has 0 saturated carbocycles. The average Bonchev–Trinajstić information content (AvgIpc) is 2.49. The van der Waals surface area contributed by atoms with E-state index in [0.717, 1.165) is 18.6 Å². The maximum Gasteiger partial charge on any atom is 0.229 e.